The van der Waals surface area contributed by atoms with Crippen LogP contribution >= 0.6 is 0 Å². The minimum absolute atomic E-state index is 0.00167. The zero-order chi connectivity index (χ0) is 15.2. The van der Waals surface area contributed by atoms with Gasteiger partial charge in [-0.3, -0.25) is 4.79 Å². The van der Waals surface area contributed by atoms with E-state index in [9.17, 15) is 4.79 Å². The number of H-pyrrole nitrogens is 1. The molecule has 1 aromatic heterocycles. The Balaban J connectivity index is 2.30. The molecule has 0 radical (unpaired) electrons. The molecular weight excluding hydrogens is 268 g/mol. The quantitative estimate of drug-likeness (QED) is 0.851. The number of methoxy groups -OCH3 is 2. The lowest BCUT2D eigenvalue weighted by Gasteiger charge is -2.29. The summed E-state index contributed by atoms with van der Waals surface area (Å²) in [7, 11) is 3.28. The summed E-state index contributed by atoms with van der Waals surface area (Å²) in [5.41, 5.74) is 1.67. The molecule has 1 amide bonds. The molecule has 5 nitrogen and oxygen atoms in total. The first-order valence-corrected chi connectivity index (χ1v) is 7.04. The summed E-state index contributed by atoms with van der Waals surface area (Å²) in [4.78, 5) is 17.8. The Morgan fingerprint density at radius 3 is 2.81 bits per heavy atom. The highest BCUT2D eigenvalue weighted by Crippen LogP contribution is 2.20. The Morgan fingerprint density at radius 1 is 1.29 bits per heavy atom. The largest absolute Gasteiger partial charge is 0.383 e. The van der Waals surface area contributed by atoms with Crippen LogP contribution in [0.5, 0.6) is 0 Å². The number of aromatic nitrogens is 1. The molecule has 1 atom stereocenters. The van der Waals surface area contributed by atoms with Crippen molar-refractivity contribution in [1.82, 2.24) is 9.88 Å². The van der Waals surface area contributed by atoms with Gasteiger partial charge in [0.1, 0.15) is 0 Å². The van der Waals surface area contributed by atoms with Crippen LogP contribution in [0.4, 0.5) is 0 Å². The maximum Gasteiger partial charge on any atom is 0.254 e. The minimum Gasteiger partial charge on any atom is -0.383 e. The molecule has 0 aliphatic heterocycles. The first-order chi connectivity index (χ1) is 10.2. The van der Waals surface area contributed by atoms with E-state index in [-0.39, 0.29) is 11.9 Å². The predicted molar refractivity (Wildman–Crippen MR) is 82.5 cm³/mol. The lowest BCUT2D eigenvalue weighted by molar-refractivity contribution is 0.0481. The van der Waals surface area contributed by atoms with Crippen molar-refractivity contribution in [2.75, 3.05) is 34.0 Å². The molecule has 21 heavy (non-hydrogen) atoms. The number of carbonyl (C=O) groups is 1. The highest BCUT2D eigenvalue weighted by atomic mass is 16.5. The maximum absolute atomic E-state index is 12.9. The van der Waals surface area contributed by atoms with Crippen LogP contribution in [0.15, 0.2) is 30.5 Å². The van der Waals surface area contributed by atoms with Crippen LogP contribution in [-0.4, -0.2) is 55.8 Å². The lowest BCUT2D eigenvalue weighted by atomic mass is 10.1. The summed E-state index contributed by atoms with van der Waals surface area (Å²) < 4.78 is 10.3. The summed E-state index contributed by atoms with van der Waals surface area (Å²) in [6.07, 6.45) is 1.85. The van der Waals surface area contributed by atoms with E-state index < -0.39 is 0 Å². The highest BCUT2D eigenvalue weighted by Gasteiger charge is 2.22. The van der Waals surface area contributed by atoms with Crippen molar-refractivity contribution in [3.8, 4) is 0 Å². The summed E-state index contributed by atoms with van der Waals surface area (Å²) in [5.74, 6) is 0.00167. The van der Waals surface area contributed by atoms with Crippen molar-refractivity contribution in [1.29, 1.82) is 0 Å². The van der Waals surface area contributed by atoms with Gasteiger partial charge in [0.2, 0.25) is 0 Å². The van der Waals surface area contributed by atoms with E-state index in [4.69, 9.17) is 9.47 Å². The molecule has 0 bridgehead atoms. The molecule has 0 saturated carbocycles. The molecule has 114 valence electrons. The van der Waals surface area contributed by atoms with Crippen molar-refractivity contribution in [3.05, 3.63) is 36.0 Å². The number of nitrogens with one attached hydrogen (secondary N) is 1. The summed E-state index contributed by atoms with van der Waals surface area (Å²) in [6.45, 7) is 3.52. The Kier molecular flexibility index (Phi) is 5.36. The molecule has 0 fully saturated rings. The molecule has 1 aromatic carbocycles. The van der Waals surface area contributed by atoms with Crippen molar-refractivity contribution < 1.29 is 14.3 Å². The van der Waals surface area contributed by atoms with E-state index in [1.54, 1.807) is 19.1 Å². The van der Waals surface area contributed by atoms with Crippen LogP contribution < -0.4 is 0 Å². The van der Waals surface area contributed by atoms with Crippen LogP contribution in [0.25, 0.3) is 10.9 Å². The number of benzene rings is 1. The Labute approximate surface area is 124 Å². The van der Waals surface area contributed by atoms with Gasteiger partial charge in [0.15, 0.2) is 0 Å². The first-order valence-electron chi connectivity index (χ1n) is 7.04. The van der Waals surface area contributed by atoms with Gasteiger partial charge in [-0.15, -0.1) is 0 Å². The van der Waals surface area contributed by atoms with Gasteiger partial charge in [0, 0.05) is 43.4 Å². The van der Waals surface area contributed by atoms with E-state index in [2.05, 4.69) is 4.98 Å². The highest BCUT2D eigenvalue weighted by molar-refractivity contribution is 6.06. The Bertz CT molecular complexity index is 594. The topological polar surface area (TPSA) is 54.6 Å². The summed E-state index contributed by atoms with van der Waals surface area (Å²) >= 11 is 0. The van der Waals surface area contributed by atoms with Gasteiger partial charge < -0.3 is 19.4 Å². The third-order valence-electron chi connectivity index (χ3n) is 3.56. The predicted octanol–water partition coefficient (Wildman–Crippen LogP) is 2.29. The van der Waals surface area contributed by atoms with Gasteiger partial charge in [-0.05, 0) is 25.1 Å². The van der Waals surface area contributed by atoms with Crippen LogP contribution in [0.2, 0.25) is 0 Å². The smallest absolute Gasteiger partial charge is 0.254 e. The molecule has 0 aliphatic carbocycles. The number of aromatic amines is 1. The van der Waals surface area contributed by atoms with Gasteiger partial charge in [0.05, 0.1) is 19.3 Å². The number of nitrogens with zero attached hydrogens (tertiary/aromatic N) is 1. The maximum atomic E-state index is 12.9. The summed E-state index contributed by atoms with van der Waals surface area (Å²) in [6, 6.07) is 7.63. The van der Waals surface area contributed by atoms with Crippen LogP contribution in [0.3, 0.4) is 0 Å². The normalized spacial score (nSPS) is 12.5. The lowest BCUT2D eigenvalue weighted by Crippen LogP contribution is -2.43. The molecule has 0 spiro atoms. The van der Waals surface area contributed by atoms with Crippen LogP contribution in [0.1, 0.15) is 17.3 Å². The number of ether oxygens (including phenoxy) is 2. The van der Waals surface area contributed by atoms with Gasteiger partial charge in [0.25, 0.3) is 5.91 Å². The average Bonchev–Trinajstić information content (AvgIpc) is 2.96. The second kappa shape index (κ2) is 7.24. The van der Waals surface area contributed by atoms with E-state index in [0.29, 0.717) is 25.3 Å². The number of hydrogen-bond acceptors (Lipinski definition) is 3. The molecule has 2 aromatic rings. The SMILES string of the molecule is COCCN(C(=O)c1cccc2[nH]ccc12)C(C)COC. The van der Waals surface area contributed by atoms with Crippen LogP contribution in [-0.2, 0) is 9.47 Å². The molecular formula is C16H22N2O3. The Morgan fingerprint density at radius 2 is 2.10 bits per heavy atom. The third-order valence-corrected chi connectivity index (χ3v) is 3.56. The second-order valence-corrected chi connectivity index (χ2v) is 5.04. The molecule has 0 aliphatic rings. The first kappa shape index (κ1) is 15.5. The van der Waals surface area contributed by atoms with E-state index in [1.165, 1.54) is 0 Å². The number of fused-ring (bicyclic) bond motifs is 1. The van der Waals surface area contributed by atoms with Crippen molar-refractivity contribution in [2.24, 2.45) is 0 Å². The second-order valence-electron chi connectivity index (χ2n) is 5.04. The van der Waals surface area contributed by atoms with E-state index >= 15 is 0 Å². The number of amides is 1. The molecule has 0 saturated heterocycles. The Hall–Kier alpha value is -1.85. The number of carbonyl (C=O) groups excluding carboxylic acids is 1. The number of hydrogen-bond donors (Lipinski definition) is 1. The standard InChI is InChI=1S/C16H22N2O3/c1-12(11-21-3)18(9-10-20-2)16(19)14-5-4-6-15-13(14)7-8-17-15/h4-8,12,17H,9-11H2,1-3H3. The van der Waals surface area contributed by atoms with E-state index in [0.717, 1.165) is 10.9 Å². The van der Waals surface area contributed by atoms with Gasteiger partial charge in [-0.1, -0.05) is 6.07 Å². The van der Waals surface area contributed by atoms with Crippen molar-refractivity contribution >= 4 is 16.8 Å². The molecule has 1 unspecified atom stereocenters. The molecule has 1 N–H and O–H groups in total. The van der Waals surface area contributed by atoms with Crippen molar-refractivity contribution in [3.63, 3.8) is 0 Å². The molecule has 5 heteroatoms. The zero-order valence-corrected chi connectivity index (χ0v) is 12.8. The van der Waals surface area contributed by atoms with Crippen LogP contribution in [0, 0.1) is 0 Å². The minimum atomic E-state index is -0.00755. The molecule has 2 rings (SSSR count). The zero-order valence-electron chi connectivity index (χ0n) is 12.8. The fraction of sp³-hybridized carbons (Fsp3) is 0.438. The van der Waals surface area contributed by atoms with E-state index in [1.807, 2.05) is 37.4 Å². The fourth-order valence-corrected chi connectivity index (χ4v) is 2.47. The molecule has 1 heterocycles. The third kappa shape index (κ3) is 3.43. The average molecular weight is 290 g/mol. The summed E-state index contributed by atoms with van der Waals surface area (Å²) in [5, 5.41) is 0.939. The van der Waals surface area contributed by atoms with Gasteiger partial charge in [-0.25, -0.2) is 0 Å². The monoisotopic (exact) mass is 290 g/mol. The van der Waals surface area contributed by atoms with Gasteiger partial charge >= 0.3 is 0 Å². The van der Waals surface area contributed by atoms with Gasteiger partial charge in [-0.2, -0.15) is 0 Å². The fourth-order valence-electron chi connectivity index (χ4n) is 2.47. The number of rotatable bonds is 7. The van der Waals surface area contributed by atoms with Crippen molar-refractivity contribution in [2.45, 2.75) is 13.0 Å².